The van der Waals surface area contributed by atoms with Crippen LogP contribution in [0.3, 0.4) is 0 Å². The van der Waals surface area contributed by atoms with E-state index in [9.17, 15) is 28.8 Å². The van der Waals surface area contributed by atoms with Crippen LogP contribution in [0.5, 0.6) is 5.75 Å². The van der Waals surface area contributed by atoms with Crippen molar-refractivity contribution in [3.8, 4) is 16.9 Å². The number of ether oxygens (including phenoxy) is 2. The molecule has 1 fully saturated rings. The van der Waals surface area contributed by atoms with Crippen molar-refractivity contribution >= 4 is 9.84 Å². The number of aliphatic hydroxyl groups is 4. The quantitative estimate of drug-likeness (QED) is 0.480. The molecule has 9 heteroatoms. The maximum absolute atomic E-state index is 12.8. The van der Waals surface area contributed by atoms with E-state index in [1.807, 2.05) is 32.9 Å². The van der Waals surface area contributed by atoms with Gasteiger partial charge in [-0.25, -0.2) is 8.42 Å². The van der Waals surface area contributed by atoms with Gasteiger partial charge in [0.25, 0.3) is 0 Å². The Morgan fingerprint density at radius 1 is 1.09 bits per heavy atom. The standard InChI is InChI=1S/C25H34O8S/c1-15-11-17(16-7-6-8-18(12-16)34(30,31)14-24(2,3)4)9-10-19(15)32-23-25(5,29)22(28)21(27)20(13-26)33-23/h6-12,20-23,26-29H,13-14H2,1-5H3/t20-,21-,22+,23+,25+/m1/s1. The first-order valence-corrected chi connectivity index (χ1v) is 12.8. The summed E-state index contributed by atoms with van der Waals surface area (Å²) in [6.45, 7) is 8.16. The molecule has 1 aliphatic heterocycles. The first kappa shape index (κ1) is 26.6. The Morgan fingerprint density at radius 2 is 1.74 bits per heavy atom. The van der Waals surface area contributed by atoms with Crippen molar-refractivity contribution in [1.82, 2.24) is 0 Å². The lowest BCUT2D eigenvalue weighted by Gasteiger charge is -2.45. The molecule has 0 aliphatic carbocycles. The molecule has 3 rings (SSSR count). The van der Waals surface area contributed by atoms with E-state index in [1.54, 1.807) is 37.3 Å². The fraction of sp³-hybridized carbons (Fsp3) is 0.520. The van der Waals surface area contributed by atoms with Gasteiger partial charge in [-0.3, -0.25) is 0 Å². The minimum atomic E-state index is -3.45. The van der Waals surface area contributed by atoms with Gasteiger partial charge in [-0.2, -0.15) is 0 Å². The number of sulfone groups is 1. The zero-order valence-electron chi connectivity index (χ0n) is 20.1. The molecule has 0 aromatic heterocycles. The Bertz CT molecular complexity index is 1120. The van der Waals surface area contributed by atoms with E-state index < -0.39 is 46.6 Å². The van der Waals surface area contributed by atoms with E-state index >= 15 is 0 Å². The third-order valence-electron chi connectivity index (χ3n) is 5.82. The monoisotopic (exact) mass is 494 g/mol. The fourth-order valence-corrected chi connectivity index (χ4v) is 5.86. The van der Waals surface area contributed by atoms with Crippen molar-refractivity contribution in [3.05, 3.63) is 48.0 Å². The molecular weight excluding hydrogens is 460 g/mol. The molecule has 1 saturated heterocycles. The van der Waals surface area contributed by atoms with Gasteiger partial charge in [-0.15, -0.1) is 0 Å². The van der Waals surface area contributed by atoms with Gasteiger partial charge in [0.2, 0.25) is 6.29 Å². The SMILES string of the molecule is Cc1cc(-c2cccc(S(=O)(=O)CC(C)(C)C)c2)ccc1O[C@H]1O[C@H](CO)[C@@H](O)[C@H](O)[C@]1(C)O. The maximum Gasteiger partial charge on any atom is 0.231 e. The smallest absolute Gasteiger partial charge is 0.231 e. The minimum Gasteiger partial charge on any atom is -0.461 e. The van der Waals surface area contributed by atoms with Gasteiger partial charge >= 0.3 is 0 Å². The maximum atomic E-state index is 12.8. The van der Waals surface area contributed by atoms with Crippen LogP contribution in [0.25, 0.3) is 11.1 Å². The Hall–Kier alpha value is -2.01. The van der Waals surface area contributed by atoms with Crippen LogP contribution < -0.4 is 4.74 Å². The van der Waals surface area contributed by atoms with Crippen LogP contribution >= 0.6 is 0 Å². The van der Waals surface area contributed by atoms with E-state index in [4.69, 9.17) is 9.47 Å². The highest BCUT2D eigenvalue weighted by Gasteiger charge is 2.53. The zero-order valence-corrected chi connectivity index (χ0v) is 20.9. The molecule has 0 spiro atoms. The van der Waals surface area contributed by atoms with Crippen LogP contribution in [0.15, 0.2) is 47.4 Å². The first-order chi connectivity index (χ1) is 15.7. The van der Waals surface area contributed by atoms with Crippen molar-refractivity contribution < 1.29 is 38.3 Å². The third kappa shape index (κ3) is 5.62. The second-order valence-electron chi connectivity index (χ2n) is 10.3. The van der Waals surface area contributed by atoms with E-state index in [1.165, 1.54) is 6.92 Å². The van der Waals surface area contributed by atoms with E-state index in [2.05, 4.69) is 0 Å². The van der Waals surface area contributed by atoms with Gasteiger partial charge < -0.3 is 29.9 Å². The molecular formula is C25H34O8S. The summed E-state index contributed by atoms with van der Waals surface area (Å²) in [6, 6.07) is 12.0. The predicted octanol–water partition coefficient (Wildman–Crippen LogP) is 2.05. The number of rotatable bonds is 6. The van der Waals surface area contributed by atoms with Crippen molar-refractivity contribution in [2.24, 2.45) is 5.41 Å². The largest absolute Gasteiger partial charge is 0.461 e. The van der Waals surface area contributed by atoms with Crippen molar-refractivity contribution in [2.75, 3.05) is 12.4 Å². The number of hydrogen-bond donors (Lipinski definition) is 4. The zero-order chi connectivity index (χ0) is 25.5. The van der Waals surface area contributed by atoms with Crippen LogP contribution in [0.4, 0.5) is 0 Å². The molecule has 1 heterocycles. The Labute approximate surface area is 200 Å². The molecule has 0 amide bonds. The molecule has 4 N–H and O–H groups in total. The molecule has 0 radical (unpaired) electrons. The van der Waals surface area contributed by atoms with Crippen LogP contribution in [0.1, 0.15) is 33.3 Å². The molecule has 1 aliphatic rings. The molecule has 34 heavy (non-hydrogen) atoms. The van der Waals surface area contributed by atoms with Gasteiger partial charge in [0.1, 0.15) is 24.1 Å². The minimum absolute atomic E-state index is 0.0337. The summed E-state index contributed by atoms with van der Waals surface area (Å²) >= 11 is 0. The lowest BCUT2D eigenvalue weighted by molar-refractivity contribution is -0.314. The fourth-order valence-electron chi connectivity index (χ4n) is 3.96. The van der Waals surface area contributed by atoms with E-state index in [0.29, 0.717) is 11.3 Å². The number of aliphatic hydroxyl groups excluding tert-OH is 3. The summed E-state index contributed by atoms with van der Waals surface area (Å²) in [7, 11) is -3.45. The average Bonchev–Trinajstić information content (AvgIpc) is 2.74. The molecule has 188 valence electrons. The predicted molar refractivity (Wildman–Crippen MR) is 127 cm³/mol. The van der Waals surface area contributed by atoms with Crippen molar-refractivity contribution in [3.63, 3.8) is 0 Å². The molecule has 0 bridgehead atoms. The van der Waals surface area contributed by atoms with Crippen LogP contribution in [0.2, 0.25) is 0 Å². The average molecular weight is 495 g/mol. The molecule has 2 aromatic rings. The number of aryl methyl sites for hydroxylation is 1. The molecule has 5 atom stereocenters. The third-order valence-corrected chi connectivity index (χ3v) is 8.04. The number of benzene rings is 2. The first-order valence-electron chi connectivity index (χ1n) is 11.1. The molecule has 2 aromatic carbocycles. The number of hydrogen-bond acceptors (Lipinski definition) is 8. The van der Waals surface area contributed by atoms with Crippen molar-refractivity contribution in [1.29, 1.82) is 0 Å². The second kappa shape index (κ2) is 9.56. The Balaban J connectivity index is 1.86. The highest BCUT2D eigenvalue weighted by atomic mass is 32.2. The molecule has 0 saturated carbocycles. The lowest BCUT2D eigenvalue weighted by atomic mass is 9.88. The summed E-state index contributed by atoms with van der Waals surface area (Å²) < 4.78 is 37.0. The topological polar surface area (TPSA) is 134 Å². The summed E-state index contributed by atoms with van der Waals surface area (Å²) in [4.78, 5) is 0.257. The summed E-state index contributed by atoms with van der Waals surface area (Å²) in [5.41, 5.74) is -0.111. The van der Waals surface area contributed by atoms with Gasteiger partial charge in [0.05, 0.1) is 17.3 Å². The highest BCUT2D eigenvalue weighted by Crippen LogP contribution is 2.34. The Morgan fingerprint density at radius 3 is 2.32 bits per heavy atom. The summed E-state index contributed by atoms with van der Waals surface area (Å²) in [5.74, 6) is 0.400. The van der Waals surface area contributed by atoms with Gasteiger partial charge in [0.15, 0.2) is 15.4 Å². The Kier molecular flexibility index (Phi) is 7.48. The molecule has 8 nitrogen and oxygen atoms in total. The van der Waals surface area contributed by atoms with E-state index in [-0.39, 0.29) is 16.1 Å². The van der Waals surface area contributed by atoms with Crippen LogP contribution in [0, 0.1) is 12.3 Å². The normalized spacial score (nSPS) is 28.0. The van der Waals surface area contributed by atoms with Crippen LogP contribution in [-0.2, 0) is 14.6 Å². The summed E-state index contributed by atoms with van der Waals surface area (Å²) in [6.07, 6.45) is -5.50. The van der Waals surface area contributed by atoms with Crippen LogP contribution in [-0.4, -0.2) is 71.4 Å². The highest BCUT2D eigenvalue weighted by molar-refractivity contribution is 7.91. The summed E-state index contributed by atoms with van der Waals surface area (Å²) in [5, 5.41) is 40.4. The van der Waals surface area contributed by atoms with Gasteiger partial charge in [0, 0.05) is 0 Å². The lowest BCUT2D eigenvalue weighted by Crippen LogP contribution is -2.66. The molecule has 0 unspecified atom stereocenters. The van der Waals surface area contributed by atoms with Gasteiger partial charge in [-0.1, -0.05) is 39.0 Å². The van der Waals surface area contributed by atoms with Gasteiger partial charge in [-0.05, 0) is 60.2 Å². The van der Waals surface area contributed by atoms with E-state index in [0.717, 1.165) is 11.1 Å². The second-order valence-corrected chi connectivity index (χ2v) is 12.3. The van der Waals surface area contributed by atoms with Crippen molar-refractivity contribution in [2.45, 2.75) is 69.7 Å².